The molecule has 0 aromatic heterocycles. The van der Waals surface area contributed by atoms with Crippen LogP contribution >= 0.6 is 0 Å². The molecule has 0 heterocycles. The van der Waals surface area contributed by atoms with Crippen molar-refractivity contribution in [2.24, 2.45) is 0 Å². The average molecular weight is 225 g/mol. The predicted molar refractivity (Wildman–Crippen MR) is 54.6 cm³/mol. The summed E-state index contributed by atoms with van der Waals surface area (Å²) < 4.78 is 29.5. The Morgan fingerprint density at radius 2 is 2.14 bits per heavy atom. The molecule has 0 aromatic carbocycles. The van der Waals surface area contributed by atoms with Crippen LogP contribution < -0.4 is 4.72 Å². The van der Waals surface area contributed by atoms with Gasteiger partial charge in [-0.1, -0.05) is 0 Å². The molecule has 0 aliphatic rings. The molecule has 0 spiro atoms. The van der Waals surface area contributed by atoms with Crippen molar-refractivity contribution in [3.63, 3.8) is 0 Å². The van der Waals surface area contributed by atoms with Gasteiger partial charge in [0.25, 0.3) is 0 Å². The van der Waals surface area contributed by atoms with Crippen LogP contribution in [-0.4, -0.2) is 45.6 Å². The minimum absolute atomic E-state index is 0.0157. The van der Waals surface area contributed by atoms with Gasteiger partial charge in [0, 0.05) is 13.7 Å². The summed E-state index contributed by atoms with van der Waals surface area (Å²) >= 11 is 0. The molecular formula is C8H19NO4S. The van der Waals surface area contributed by atoms with Crippen molar-refractivity contribution in [2.45, 2.75) is 25.9 Å². The van der Waals surface area contributed by atoms with Crippen molar-refractivity contribution in [3.05, 3.63) is 0 Å². The maximum Gasteiger partial charge on any atom is 0.213 e. The normalized spacial score (nSPS) is 14.2. The van der Waals surface area contributed by atoms with Crippen LogP contribution in [-0.2, 0) is 14.8 Å². The molecule has 1 unspecified atom stereocenters. The van der Waals surface area contributed by atoms with E-state index >= 15 is 0 Å². The van der Waals surface area contributed by atoms with Gasteiger partial charge >= 0.3 is 0 Å². The molecule has 14 heavy (non-hydrogen) atoms. The molecule has 0 bridgehead atoms. The maximum atomic E-state index is 11.2. The number of aliphatic hydroxyl groups excluding tert-OH is 1. The van der Waals surface area contributed by atoms with Gasteiger partial charge in [0.15, 0.2) is 0 Å². The molecule has 0 radical (unpaired) electrons. The van der Waals surface area contributed by atoms with Gasteiger partial charge in [-0.25, -0.2) is 13.1 Å². The fraction of sp³-hybridized carbons (Fsp3) is 1.00. The van der Waals surface area contributed by atoms with Crippen molar-refractivity contribution in [1.82, 2.24) is 4.72 Å². The lowest BCUT2D eigenvalue weighted by Gasteiger charge is -2.06. The smallest absolute Gasteiger partial charge is 0.213 e. The highest BCUT2D eigenvalue weighted by molar-refractivity contribution is 7.89. The van der Waals surface area contributed by atoms with Gasteiger partial charge in [-0.05, 0) is 19.8 Å². The van der Waals surface area contributed by atoms with Crippen LogP contribution in [0.1, 0.15) is 19.8 Å². The summed E-state index contributed by atoms with van der Waals surface area (Å²) in [6.07, 6.45) is 0.870. The summed E-state index contributed by atoms with van der Waals surface area (Å²) in [5.74, 6) is -0.0157. The molecule has 0 fully saturated rings. The van der Waals surface area contributed by atoms with Gasteiger partial charge in [-0.2, -0.15) is 0 Å². The van der Waals surface area contributed by atoms with E-state index in [-0.39, 0.29) is 18.5 Å². The lowest BCUT2D eigenvalue weighted by Crippen LogP contribution is -2.29. The molecule has 1 atom stereocenters. The van der Waals surface area contributed by atoms with E-state index < -0.39 is 10.0 Å². The highest BCUT2D eigenvalue weighted by atomic mass is 32.2. The predicted octanol–water partition coefficient (Wildman–Crippen LogP) is -0.287. The van der Waals surface area contributed by atoms with Crippen LogP contribution in [0.3, 0.4) is 0 Å². The van der Waals surface area contributed by atoms with Gasteiger partial charge in [0.05, 0.1) is 18.5 Å². The van der Waals surface area contributed by atoms with Crippen molar-refractivity contribution < 1.29 is 18.3 Å². The van der Waals surface area contributed by atoms with Crippen LogP contribution in [0.5, 0.6) is 0 Å². The Hall–Kier alpha value is -0.170. The number of rotatable bonds is 8. The Labute approximate surface area is 85.5 Å². The summed E-state index contributed by atoms with van der Waals surface area (Å²) in [4.78, 5) is 0. The third kappa shape index (κ3) is 8.43. The van der Waals surface area contributed by atoms with E-state index in [2.05, 4.69) is 9.46 Å². The molecule has 0 amide bonds. The van der Waals surface area contributed by atoms with E-state index in [0.29, 0.717) is 19.4 Å². The monoisotopic (exact) mass is 225 g/mol. The fourth-order valence-electron chi connectivity index (χ4n) is 0.890. The molecule has 86 valence electrons. The third-order valence-electron chi connectivity index (χ3n) is 1.68. The Kier molecular flexibility index (Phi) is 7.08. The van der Waals surface area contributed by atoms with Gasteiger partial charge in [-0.15, -0.1) is 0 Å². The molecule has 0 rings (SSSR count). The molecule has 2 N–H and O–H groups in total. The van der Waals surface area contributed by atoms with Crippen LogP contribution in [0.4, 0.5) is 0 Å². The van der Waals surface area contributed by atoms with E-state index in [1.54, 1.807) is 6.92 Å². The zero-order chi connectivity index (χ0) is 11.0. The van der Waals surface area contributed by atoms with Crippen molar-refractivity contribution in [3.8, 4) is 0 Å². The second-order valence-electron chi connectivity index (χ2n) is 3.20. The fourth-order valence-corrected chi connectivity index (χ4v) is 1.88. The van der Waals surface area contributed by atoms with Crippen LogP contribution in [0.15, 0.2) is 0 Å². The van der Waals surface area contributed by atoms with Crippen LogP contribution in [0.25, 0.3) is 0 Å². The Bertz CT molecular complexity index is 225. The second kappa shape index (κ2) is 7.17. The van der Waals surface area contributed by atoms with Gasteiger partial charge in [-0.3, -0.25) is 0 Å². The Balaban J connectivity index is 3.56. The van der Waals surface area contributed by atoms with Gasteiger partial charge < -0.3 is 9.84 Å². The van der Waals surface area contributed by atoms with E-state index in [1.807, 2.05) is 0 Å². The molecule has 0 saturated carbocycles. The van der Waals surface area contributed by atoms with E-state index in [1.165, 1.54) is 7.11 Å². The summed E-state index contributed by atoms with van der Waals surface area (Å²) in [6.45, 7) is 2.25. The number of aliphatic hydroxyl groups is 1. The molecule has 0 saturated heterocycles. The lowest BCUT2D eigenvalue weighted by molar-refractivity contribution is 0.182. The number of nitrogens with one attached hydrogen (secondary N) is 1. The minimum atomic E-state index is -3.20. The highest BCUT2D eigenvalue weighted by Crippen LogP contribution is 1.94. The van der Waals surface area contributed by atoms with Crippen LogP contribution in [0, 0.1) is 0 Å². The second-order valence-corrected chi connectivity index (χ2v) is 5.12. The van der Waals surface area contributed by atoms with E-state index in [9.17, 15) is 8.42 Å². The number of methoxy groups -OCH3 is 1. The highest BCUT2D eigenvalue weighted by Gasteiger charge is 2.08. The number of sulfonamides is 1. The summed E-state index contributed by atoms with van der Waals surface area (Å²) in [5, 5.41) is 8.93. The lowest BCUT2D eigenvalue weighted by atomic mass is 10.2. The summed E-state index contributed by atoms with van der Waals surface area (Å²) in [5.41, 5.74) is 0. The number of hydrogen-bond donors (Lipinski definition) is 2. The van der Waals surface area contributed by atoms with Crippen LogP contribution in [0.2, 0.25) is 0 Å². The topological polar surface area (TPSA) is 75.6 Å². The third-order valence-corrected chi connectivity index (χ3v) is 3.02. The molecular weight excluding hydrogens is 206 g/mol. The molecule has 0 aliphatic heterocycles. The van der Waals surface area contributed by atoms with E-state index in [4.69, 9.17) is 5.11 Å². The van der Waals surface area contributed by atoms with Gasteiger partial charge in [0.1, 0.15) is 0 Å². The summed E-state index contributed by atoms with van der Waals surface area (Å²) in [6, 6.07) is 0. The SMILES string of the molecule is COCCS(=O)(=O)NCCCC(C)O. The zero-order valence-electron chi connectivity index (χ0n) is 8.69. The van der Waals surface area contributed by atoms with E-state index in [0.717, 1.165) is 0 Å². The van der Waals surface area contributed by atoms with Crippen molar-refractivity contribution in [2.75, 3.05) is 26.0 Å². The number of hydrogen-bond acceptors (Lipinski definition) is 4. The zero-order valence-corrected chi connectivity index (χ0v) is 9.51. The molecule has 0 aliphatic carbocycles. The molecule has 5 nitrogen and oxygen atoms in total. The minimum Gasteiger partial charge on any atom is -0.393 e. The average Bonchev–Trinajstić information content (AvgIpc) is 2.09. The molecule has 0 aromatic rings. The van der Waals surface area contributed by atoms with Crippen molar-refractivity contribution in [1.29, 1.82) is 0 Å². The first-order valence-corrected chi connectivity index (χ1v) is 6.27. The quantitative estimate of drug-likeness (QED) is 0.557. The first-order chi connectivity index (χ1) is 6.48. The number of ether oxygens (including phenoxy) is 1. The summed E-state index contributed by atoms with van der Waals surface area (Å²) in [7, 11) is -1.74. The maximum absolute atomic E-state index is 11.2. The first-order valence-electron chi connectivity index (χ1n) is 4.62. The first kappa shape index (κ1) is 13.8. The van der Waals surface area contributed by atoms with Crippen molar-refractivity contribution >= 4 is 10.0 Å². The standard InChI is InChI=1S/C8H19NO4S/c1-8(10)4-3-5-9-14(11,12)7-6-13-2/h8-10H,3-7H2,1-2H3. The molecule has 6 heteroatoms. The Morgan fingerprint density at radius 1 is 1.50 bits per heavy atom. The largest absolute Gasteiger partial charge is 0.393 e. The Morgan fingerprint density at radius 3 is 2.64 bits per heavy atom. The van der Waals surface area contributed by atoms with Gasteiger partial charge in [0.2, 0.25) is 10.0 Å².